The average Bonchev–Trinajstić information content (AvgIpc) is 3.36. The number of carbonyl (C=O) groups is 1. The normalized spacial score (nSPS) is 12.4. The smallest absolute Gasteiger partial charge is 0.417 e. The number of rotatable bonds is 8. The molecule has 2 aliphatic heterocycles. The molecule has 0 fully saturated rings. The van der Waals surface area contributed by atoms with Gasteiger partial charge in [0.25, 0.3) is 0 Å². The molecule has 0 bridgehead atoms. The lowest BCUT2D eigenvalue weighted by Gasteiger charge is -2.21. The van der Waals surface area contributed by atoms with Gasteiger partial charge in [0, 0.05) is 17.3 Å². The third kappa shape index (κ3) is 5.55. The minimum Gasteiger partial charge on any atom is -0.547 e. The molecule has 8 nitrogen and oxygen atoms in total. The molecular weight excluding hydrogens is 549 g/mol. The summed E-state index contributed by atoms with van der Waals surface area (Å²) in [4.78, 5) is 24.5. The van der Waals surface area contributed by atoms with Gasteiger partial charge in [-0.15, -0.1) is 0 Å². The van der Waals surface area contributed by atoms with Gasteiger partial charge in [0.05, 0.1) is 41.8 Å². The number of ether oxygens (including phenoxy) is 1. The Hall–Kier alpha value is -4.94. The van der Waals surface area contributed by atoms with Gasteiger partial charge >= 0.3 is 6.18 Å². The van der Waals surface area contributed by atoms with Crippen molar-refractivity contribution in [2.45, 2.75) is 25.6 Å². The van der Waals surface area contributed by atoms with Crippen molar-refractivity contribution in [2.24, 2.45) is 0 Å². The molecule has 2 aliphatic rings. The second kappa shape index (κ2) is 10.9. The van der Waals surface area contributed by atoms with Crippen LogP contribution in [0.1, 0.15) is 30.5 Å². The Bertz CT molecular complexity index is 1690. The van der Waals surface area contributed by atoms with Gasteiger partial charge in [0.15, 0.2) is 17.5 Å². The van der Waals surface area contributed by atoms with E-state index in [2.05, 4.69) is 20.1 Å². The van der Waals surface area contributed by atoms with Gasteiger partial charge in [-0.05, 0) is 42.8 Å². The Morgan fingerprint density at radius 3 is 2.46 bits per heavy atom. The van der Waals surface area contributed by atoms with Crippen molar-refractivity contribution in [2.75, 3.05) is 6.61 Å². The van der Waals surface area contributed by atoms with E-state index in [9.17, 15) is 31.9 Å². The zero-order valence-electron chi connectivity index (χ0n) is 21.2. The number of aliphatic carboxylic acids is 1. The number of carboxylic acid groups (broad SMARTS) is 1. The van der Waals surface area contributed by atoms with Gasteiger partial charge in [-0.3, -0.25) is 9.67 Å². The molecule has 0 aliphatic carbocycles. The molecule has 3 heterocycles. The Morgan fingerprint density at radius 2 is 1.78 bits per heavy atom. The van der Waals surface area contributed by atoms with Crippen molar-refractivity contribution < 1.29 is 36.6 Å². The van der Waals surface area contributed by atoms with Crippen LogP contribution >= 0.6 is 0 Å². The van der Waals surface area contributed by atoms with Crippen molar-refractivity contribution in [3.63, 3.8) is 0 Å². The van der Waals surface area contributed by atoms with Crippen molar-refractivity contribution in [3.05, 3.63) is 89.9 Å². The van der Waals surface area contributed by atoms with Crippen LogP contribution in [0.2, 0.25) is 0 Å². The van der Waals surface area contributed by atoms with Crippen molar-refractivity contribution in [3.8, 4) is 39.8 Å². The monoisotopic (exact) mass is 568 g/mol. The number of halogens is 5. The molecule has 0 radical (unpaired) electrons. The van der Waals surface area contributed by atoms with Gasteiger partial charge in [-0.2, -0.15) is 18.3 Å². The lowest BCUT2D eigenvalue weighted by atomic mass is 10.0. The van der Waals surface area contributed by atoms with Crippen LogP contribution in [0.5, 0.6) is 5.75 Å². The average molecular weight is 568 g/mol. The van der Waals surface area contributed by atoms with Gasteiger partial charge in [0.1, 0.15) is 23.2 Å². The SMILES string of the molecule is CCCOc1ccc(-c2ccc(C(C(=O)[O-])n3cc4nc(-c5cccc(F)c5F)nc-4cn3)cn2)c(C(F)(F)F)c1. The van der Waals surface area contributed by atoms with E-state index >= 15 is 0 Å². The summed E-state index contributed by atoms with van der Waals surface area (Å²) in [5.74, 6) is -3.87. The summed E-state index contributed by atoms with van der Waals surface area (Å²) in [7, 11) is 0. The highest BCUT2D eigenvalue weighted by Gasteiger charge is 2.34. The fraction of sp³-hybridized carbons (Fsp3) is 0.179. The summed E-state index contributed by atoms with van der Waals surface area (Å²) in [6.07, 6.45) is -0.540. The first-order valence-electron chi connectivity index (χ1n) is 12.2. The third-order valence-corrected chi connectivity index (χ3v) is 6.11. The minimum atomic E-state index is -4.70. The zero-order chi connectivity index (χ0) is 29.3. The standard InChI is InChI=1S/C28H20F5N5O3/c1-2-10-41-16-7-8-17(19(11-16)28(31,32)33)21-9-6-15(12-34-21)25(27(39)40)38-14-23-22(13-35-38)36-26(37-23)18-4-3-5-20(29)24(18)30/h3-9,11-14,25H,2,10H2,1H3,(H,39,40)/p-1. The number of benzene rings is 2. The Morgan fingerprint density at radius 1 is 1.00 bits per heavy atom. The summed E-state index contributed by atoms with van der Waals surface area (Å²) in [6, 6.07) is 8.08. The number of hydrogen-bond acceptors (Lipinski definition) is 7. The third-order valence-electron chi connectivity index (χ3n) is 6.11. The number of carboxylic acids is 1. The maximum atomic E-state index is 14.2. The summed E-state index contributed by atoms with van der Waals surface area (Å²) in [5.41, 5.74) is -1.02. The number of hydrogen-bond donors (Lipinski definition) is 0. The molecule has 41 heavy (non-hydrogen) atoms. The summed E-state index contributed by atoms with van der Waals surface area (Å²) in [5, 5.41) is 16.2. The molecule has 0 saturated heterocycles. The van der Waals surface area contributed by atoms with Gasteiger partial charge < -0.3 is 14.6 Å². The van der Waals surface area contributed by atoms with E-state index in [1.807, 2.05) is 6.92 Å². The van der Waals surface area contributed by atoms with E-state index in [1.165, 1.54) is 48.8 Å². The largest absolute Gasteiger partial charge is 0.547 e. The molecule has 1 aromatic heterocycles. The molecule has 0 spiro atoms. The van der Waals surface area contributed by atoms with Crippen molar-refractivity contribution >= 4 is 5.97 Å². The van der Waals surface area contributed by atoms with E-state index < -0.39 is 35.4 Å². The Labute approximate surface area is 229 Å². The van der Waals surface area contributed by atoms with Crippen LogP contribution in [-0.4, -0.2) is 37.3 Å². The maximum Gasteiger partial charge on any atom is 0.417 e. The second-order valence-corrected chi connectivity index (χ2v) is 8.92. The molecule has 1 unspecified atom stereocenters. The quantitative estimate of drug-likeness (QED) is 0.244. The molecule has 5 rings (SSSR count). The Kier molecular flexibility index (Phi) is 7.35. The number of fused-ring (bicyclic) bond motifs is 1. The number of carbonyl (C=O) groups excluding carboxylic acids is 1. The van der Waals surface area contributed by atoms with Crippen molar-refractivity contribution in [1.29, 1.82) is 0 Å². The molecule has 210 valence electrons. The number of nitrogens with zero attached hydrogens (tertiary/aromatic N) is 5. The minimum absolute atomic E-state index is 0.0442. The highest BCUT2D eigenvalue weighted by atomic mass is 19.4. The summed E-state index contributed by atoms with van der Waals surface area (Å²) >= 11 is 0. The number of imidazole rings is 1. The highest BCUT2D eigenvalue weighted by Crippen LogP contribution is 2.39. The van der Waals surface area contributed by atoms with E-state index in [1.54, 1.807) is 0 Å². The fourth-order valence-corrected chi connectivity index (χ4v) is 4.19. The lowest BCUT2D eigenvalue weighted by Crippen LogP contribution is -2.35. The first-order valence-corrected chi connectivity index (χ1v) is 12.2. The number of alkyl halides is 3. The van der Waals surface area contributed by atoms with Crippen LogP contribution in [0.4, 0.5) is 22.0 Å². The van der Waals surface area contributed by atoms with Crippen molar-refractivity contribution in [1.82, 2.24) is 24.7 Å². The van der Waals surface area contributed by atoms with Crippen LogP contribution in [-0.2, 0) is 11.0 Å². The molecule has 3 aromatic rings. The maximum absolute atomic E-state index is 14.2. The van der Waals surface area contributed by atoms with Crippen LogP contribution < -0.4 is 9.84 Å². The Balaban J connectivity index is 1.49. The summed E-state index contributed by atoms with van der Waals surface area (Å²) < 4.78 is 75.7. The molecule has 0 amide bonds. The fourth-order valence-electron chi connectivity index (χ4n) is 4.19. The topological polar surface area (TPSA) is 106 Å². The van der Waals surface area contributed by atoms with E-state index in [-0.39, 0.29) is 52.0 Å². The second-order valence-electron chi connectivity index (χ2n) is 8.92. The summed E-state index contributed by atoms with van der Waals surface area (Å²) in [6.45, 7) is 2.08. The molecule has 13 heteroatoms. The molecule has 1 atom stereocenters. The van der Waals surface area contributed by atoms with Crippen LogP contribution in [0.15, 0.2) is 67.1 Å². The molecule has 0 N–H and O–H groups in total. The van der Waals surface area contributed by atoms with E-state index in [0.717, 1.165) is 23.0 Å². The van der Waals surface area contributed by atoms with Crippen LogP contribution in [0.3, 0.4) is 0 Å². The number of pyridine rings is 1. The molecule has 2 aromatic carbocycles. The van der Waals surface area contributed by atoms with E-state index in [4.69, 9.17) is 4.74 Å². The first-order chi connectivity index (χ1) is 19.6. The molecule has 0 saturated carbocycles. The first kappa shape index (κ1) is 27.6. The van der Waals surface area contributed by atoms with Crippen LogP contribution in [0.25, 0.3) is 34.0 Å². The number of aromatic nitrogens is 5. The molecular formula is C28H19F5N5O3-. The predicted octanol–water partition coefficient (Wildman–Crippen LogP) is 4.93. The van der Waals surface area contributed by atoms with Gasteiger partial charge in [-0.1, -0.05) is 19.1 Å². The predicted molar refractivity (Wildman–Crippen MR) is 133 cm³/mol. The van der Waals surface area contributed by atoms with Gasteiger partial charge in [-0.25, -0.2) is 18.7 Å². The van der Waals surface area contributed by atoms with Gasteiger partial charge in [0.2, 0.25) is 0 Å². The lowest BCUT2D eigenvalue weighted by molar-refractivity contribution is -0.309. The van der Waals surface area contributed by atoms with Crippen LogP contribution in [0, 0.1) is 11.6 Å². The van der Waals surface area contributed by atoms with E-state index in [0.29, 0.717) is 6.42 Å². The highest BCUT2D eigenvalue weighted by molar-refractivity contribution is 5.75. The zero-order valence-corrected chi connectivity index (χ0v) is 21.2.